The van der Waals surface area contributed by atoms with Crippen molar-refractivity contribution < 1.29 is 22.8 Å². The minimum absolute atomic E-state index is 0.00798. The third-order valence-electron chi connectivity index (χ3n) is 7.52. The van der Waals surface area contributed by atoms with Crippen LogP contribution < -0.4 is 15.8 Å². The van der Waals surface area contributed by atoms with Gasteiger partial charge >= 0.3 is 6.18 Å². The molecule has 0 radical (unpaired) electrons. The number of carbonyl (C=O) groups excluding carboxylic acids is 2. The van der Waals surface area contributed by atoms with Gasteiger partial charge < -0.3 is 9.80 Å². The van der Waals surface area contributed by atoms with Crippen molar-refractivity contribution in [3.8, 4) is 6.07 Å². The van der Waals surface area contributed by atoms with Gasteiger partial charge in [0, 0.05) is 77.6 Å². The highest BCUT2D eigenvalue weighted by Crippen LogP contribution is 2.35. The van der Waals surface area contributed by atoms with Crippen LogP contribution >= 0.6 is 0 Å². The van der Waals surface area contributed by atoms with Crippen molar-refractivity contribution in [2.45, 2.75) is 37.5 Å². The van der Waals surface area contributed by atoms with Gasteiger partial charge in [-0.25, -0.2) is 10.4 Å². The third kappa shape index (κ3) is 6.49. The molecule has 2 amide bonds. The largest absolute Gasteiger partial charge is 0.402 e. The van der Waals surface area contributed by atoms with E-state index in [1.807, 2.05) is 6.07 Å². The standard InChI is InChI=1S/C24H33F3N8O2/c1-32(16-18-3-2-7-35(18)19-15-30-31-23(37)22(19)24(25,26)27)21(36)6-8-33-9-11-34(12-10-33)20-5-4-17(13-28)14-29-20/h4-5,14,18-19,22,30H,2-3,6-12,15-16H2,1H3,(H,31,37)/t18-,19?,22?/m0/s1. The summed E-state index contributed by atoms with van der Waals surface area (Å²) in [4.78, 5) is 36.9. The van der Waals surface area contributed by atoms with E-state index in [1.54, 1.807) is 29.1 Å². The molecule has 3 saturated heterocycles. The van der Waals surface area contributed by atoms with Crippen LogP contribution in [0.25, 0.3) is 0 Å². The minimum atomic E-state index is -4.63. The molecular weight excluding hydrogens is 489 g/mol. The van der Waals surface area contributed by atoms with Gasteiger partial charge in [-0.15, -0.1) is 0 Å². The Bertz CT molecular complexity index is 991. The molecule has 4 rings (SSSR count). The third-order valence-corrected chi connectivity index (χ3v) is 7.52. The summed E-state index contributed by atoms with van der Waals surface area (Å²) in [6.07, 6.45) is -1.33. The zero-order chi connectivity index (χ0) is 26.6. The van der Waals surface area contributed by atoms with Crippen LogP contribution in [0.3, 0.4) is 0 Å². The molecule has 37 heavy (non-hydrogen) atoms. The molecule has 3 aliphatic rings. The summed E-state index contributed by atoms with van der Waals surface area (Å²) in [5.41, 5.74) is 5.22. The van der Waals surface area contributed by atoms with E-state index < -0.39 is 24.0 Å². The van der Waals surface area contributed by atoms with Crippen molar-refractivity contribution in [3.05, 3.63) is 23.9 Å². The summed E-state index contributed by atoms with van der Waals surface area (Å²) in [5, 5.41) is 8.92. The number of hydrogen-bond donors (Lipinski definition) is 2. The molecule has 202 valence electrons. The van der Waals surface area contributed by atoms with Crippen LogP contribution in [0.2, 0.25) is 0 Å². The Hall–Kier alpha value is -2.95. The maximum atomic E-state index is 13.6. The molecule has 1 aromatic rings. The summed E-state index contributed by atoms with van der Waals surface area (Å²) in [6, 6.07) is 4.43. The molecule has 3 aliphatic heterocycles. The van der Waals surface area contributed by atoms with Gasteiger partial charge in [0.2, 0.25) is 11.8 Å². The lowest BCUT2D eigenvalue weighted by atomic mass is 9.94. The second-order valence-electron chi connectivity index (χ2n) is 9.86. The quantitative estimate of drug-likeness (QED) is 0.535. The first kappa shape index (κ1) is 27.1. The lowest BCUT2D eigenvalue weighted by molar-refractivity contribution is -0.201. The Morgan fingerprint density at radius 3 is 2.65 bits per heavy atom. The first-order valence-electron chi connectivity index (χ1n) is 12.6. The Labute approximate surface area is 214 Å². The van der Waals surface area contributed by atoms with Crippen LogP contribution in [0.1, 0.15) is 24.8 Å². The van der Waals surface area contributed by atoms with Crippen molar-refractivity contribution in [1.82, 2.24) is 30.5 Å². The number of aromatic nitrogens is 1. The number of nitriles is 1. The number of nitrogens with zero attached hydrogens (tertiary/aromatic N) is 6. The molecule has 1 aromatic heterocycles. The van der Waals surface area contributed by atoms with Gasteiger partial charge in [-0.3, -0.25) is 24.8 Å². The number of nitrogens with one attached hydrogen (secondary N) is 2. The molecule has 0 saturated carbocycles. The smallest absolute Gasteiger partial charge is 0.354 e. The fourth-order valence-corrected chi connectivity index (χ4v) is 5.48. The van der Waals surface area contributed by atoms with Gasteiger partial charge in [0.25, 0.3) is 0 Å². The molecule has 0 aliphatic carbocycles. The van der Waals surface area contributed by atoms with Crippen LogP contribution in [0, 0.1) is 17.2 Å². The normalized spacial score (nSPS) is 25.5. The average Bonchev–Trinajstić information content (AvgIpc) is 3.34. The van der Waals surface area contributed by atoms with E-state index in [0.717, 1.165) is 38.4 Å². The Morgan fingerprint density at radius 2 is 2.00 bits per heavy atom. The zero-order valence-corrected chi connectivity index (χ0v) is 20.9. The Balaban J connectivity index is 1.24. The minimum Gasteiger partial charge on any atom is -0.354 e. The second-order valence-corrected chi connectivity index (χ2v) is 9.86. The van der Waals surface area contributed by atoms with Crippen LogP contribution in [0.5, 0.6) is 0 Å². The summed E-state index contributed by atoms with van der Waals surface area (Å²) in [6.45, 7) is 4.52. The fourth-order valence-electron chi connectivity index (χ4n) is 5.48. The Kier molecular flexibility index (Phi) is 8.51. The molecule has 2 N–H and O–H groups in total. The number of pyridine rings is 1. The number of alkyl halides is 3. The number of rotatable bonds is 7. The van der Waals surface area contributed by atoms with Crippen molar-refractivity contribution in [2.24, 2.45) is 5.92 Å². The van der Waals surface area contributed by atoms with Gasteiger partial charge in [0.1, 0.15) is 11.9 Å². The van der Waals surface area contributed by atoms with E-state index in [4.69, 9.17) is 5.26 Å². The van der Waals surface area contributed by atoms with Crippen molar-refractivity contribution >= 4 is 17.6 Å². The van der Waals surface area contributed by atoms with E-state index in [1.165, 1.54) is 0 Å². The monoisotopic (exact) mass is 522 g/mol. The molecule has 13 heteroatoms. The maximum absolute atomic E-state index is 13.6. The average molecular weight is 523 g/mol. The molecule has 0 spiro atoms. The van der Waals surface area contributed by atoms with Crippen molar-refractivity contribution in [2.75, 3.05) is 64.3 Å². The molecule has 3 atom stereocenters. The molecule has 2 unspecified atom stereocenters. The molecule has 10 nitrogen and oxygen atoms in total. The van der Waals surface area contributed by atoms with Crippen molar-refractivity contribution in [3.63, 3.8) is 0 Å². The van der Waals surface area contributed by atoms with Gasteiger partial charge in [-0.1, -0.05) is 0 Å². The summed E-state index contributed by atoms with van der Waals surface area (Å²) in [5.74, 6) is -2.37. The van der Waals surface area contributed by atoms with Crippen LogP contribution in [0.15, 0.2) is 18.3 Å². The van der Waals surface area contributed by atoms with Crippen LogP contribution in [-0.4, -0.2) is 109 Å². The number of halogens is 3. The SMILES string of the molecule is CN(C[C@@H]1CCCN1C1CNNC(=O)C1C(F)(F)F)C(=O)CCN1CCN(c2ccc(C#N)cn2)CC1. The topological polar surface area (TPSA) is 108 Å². The molecule has 0 aromatic carbocycles. The first-order chi connectivity index (χ1) is 17.7. The van der Waals surface area contributed by atoms with E-state index in [-0.39, 0.29) is 18.5 Å². The molecule has 4 heterocycles. The predicted molar refractivity (Wildman–Crippen MR) is 129 cm³/mol. The second kappa shape index (κ2) is 11.6. The van der Waals surface area contributed by atoms with E-state index >= 15 is 0 Å². The highest BCUT2D eigenvalue weighted by Gasteiger charge is 2.54. The van der Waals surface area contributed by atoms with Gasteiger partial charge in [0.15, 0.2) is 5.92 Å². The summed E-state index contributed by atoms with van der Waals surface area (Å²) < 4.78 is 40.9. The number of likely N-dealkylation sites (tertiary alicyclic amines) is 1. The maximum Gasteiger partial charge on any atom is 0.402 e. The van der Waals surface area contributed by atoms with Crippen LogP contribution in [-0.2, 0) is 9.59 Å². The van der Waals surface area contributed by atoms with Crippen LogP contribution in [0.4, 0.5) is 19.0 Å². The van der Waals surface area contributed by atoms with E-state index in [9.17, 15) is 22.8 Å². The highest BCUT2D eigenvalue weighted by atomic mass is 19.4. The number of carbonyl (C=O) groups is 2. The predicted octanol–water partition coefficient (Wildman–Crippen LogP) is 0.570. The van der Waals surface area contributed by atoms with Gasteiger partial charge in [-0.05, 0) is 31.5 Å². The van der Waals surface area contributed by atoms with E-state index in [0.29, 0.717) is 38.0 Å². The number of hydrazine groups is 1. The number of anilines is 1. The molecule has 0 bridgehead atoms. The van der Waals surface area contributed by atoms with Gasteiger partial charge in [0.05, 0.1) is 5.56 Å². The first-order valence-corrected chi connectivity index (χ1v) is 12.6. The Morgan fingerprint density at radius 1 is 1.24 bits per heavy atom. The molecule has 3 fully saturated rings. The molecular formula is C24H33F3N8O2. The number of hydrogen-bond acceptors (Lipinski definition) is 8. The number of piperazine rings is 1. The number of amides is 2. The lowest BCUT2D eigenvalue weighted by Crippen LogP contribution is -2.65. The summed E-state index contributed by atoms with van der Waals surface area (Å²) in [7, 11) is 1.69. The van der Waals surface area contributed by atoms with Gasteiger partial charge in [-0.2, -0.15) is 18.4 Å². The fraction of sp³-hybridized carbons (Fsp3) is 0.667. The lowest BCUT2D eigenvalue weighted by Gasteiger charge is -2.41. The summed E-state index contributed by atoms with van der Waals surface area (Å²) >= 11 is 0. The number of likely N-dealkylation sites (N-methyl/N-ethyl adjacent to an activating group) is 1. The van der Waals surface area contributed by atoms with E-state index in [2.05, 4.69) is 31.7 Å². The van der Waals surface area contributed by atoms with Crippen molar-refractivity contribution in [1.29, 1.82) is 5.26 Å². The highest BCUT2D eigenvalue weighted by molar-refractivity contribution is 5.80. The zero-order valence-electron chi connectivity index (χ0n) is 20.9.